The lowest BCUT2D eigenvalue weighted by Gasteiger charge is -1.82. The van der Waals surface area contributed by atoms with Crippen LogP contribution in [0.25, 0.3) is 0 Å². The zero-order valence-corrected chi connectivity index (χ0v) is 6.51. The fourth-order valence-corrected chi connectivity index (χ4v) is 0.591. The van der Waals surface area contributed by atoms with Gasteiger partial charge in [-0.15, -0.1) is 0 Å². The van der Waals surface area contributed by atoms with Crippen LogP contribution in [0.4, 0.5) is 5.82 Å². The average Bonchev–Trinajstić information content (AvgIpc) is 2.62. The van der Waals surface area contributed by atoms with E-state index in [9.17, 15) is 0 Å². The molecule has 0 unspecified atom stereocenters. The summed E-state index contributed by atoms with van der Waals surface area (Å²) in [5.74, 6) is 0.572. The third-order valence-electron chi connectivity index (χ3n) is 1.09. The molecule has 2 rings (SSSR count). The third kappa shape index (κ3) is 3.36. The van der Waals surface area contributed by atoms with E-state index in [0.717, 1.165) is 0 Å². The molecular weight excluding hydrogens is 152 g/mol. The maximum atomic E-state index is 5.25. The van der Waals surface area contributed by atoms with Crippen LogP contribution in [-0.4, -0.2) is 15.2 Å². The SMILES string of the molecule is Nc1ccccn1.c1cn[nH]c1. The van der Waals surface area contributed by atoms with Crippen molar-refractivity contribution in [3.63, 3.8) is 0 Å². The molecule has 0 saturated carbocycles. The first-order valence-electron chi connectivity index (χ1n) is 3.50. The summed E-state index contributed by atoms with van der Waals surface area (Å²) < 4.78 is 0. The molecule has 2 heterocycles. The summed E-state index contributed by atoms with van der Waals surface area (Å²) in [6.07, 6.45) is 5.12. The quantitative estimate of drug-likeness (QED) is 0.609. The van der Waals surface area contributed by atoms with Crippen LogP contribution >= 0.6 is 0 Å². The number of rotatable bonds is 0. The van der Waals surface area contributed by atoms with Crippen molar-refractivity contribution in [1.82, 2.24) is 15.2 Å². The Kier molecular flexibility index (Phi) is 3.37. The van der Waals surface area contributed by atoms with Crippen molar-refractivity contribution >= 4 is 5.82 Å². The second-order valence-corrected chi connectivity index (χ2v) is 2.02. The third-order valence-corrected chi connectivity index (χ3v) is 1.09. The van der Waals surface area contributed by atoms with Crippen molar-refractivity contribution in [3.8, 4) is 0 Å². The maximum absolute atomic E-state index is 5.25. The van der Waals surface area contributed by atoms with E-state index < -0.39 is 0 Å². The van der Waals surface area contributed by atoms with Gasteiger partial charge < -0.3 is 5.73 Å². The molecule has 0 bridgehead atoms. The first-order valence-corrected chi connectivity index (χ1v) is 3.50. The lowest BCUT2D eigenvalue weighted by atomic mass is 10.5. The van der Waals surface area contributed by atoms with Gasteiger partial charge in [0.2, 0.25) is 0 Å². The van der Waals surface area contributed by atoms with Gasteiger partial charge in [0.1, 0.15) is 5.82 Å². The van der Waals surface area contributed by atoms with E-state index in [1.807, 2.05) is 18.2 Å². The highest BCUT2D eigenvalue weighted by Crippen LogP contribution is 1.89. The van der Waals surface area contributed by atoms with Gasteiger partial charge in [-0.1, -0.05) is 6.07 Å². The molecule has 0 atom stereocenters. The summed E-state index contributed by atoms with van der Waals surface area (Å²) in [4.78, 5) is 3.76. The van der Waals surface area contributed by atoms with Crippen molar-refractivity contribution in [2.75, 3.05) is 5.73 Å². The Morgan fingerprint density at radius 3 is 2.33 bits per heavy atom. The molecule has 0 spiro atoms. The van der Waals surface area contributed by atoms with Crippen LogP contribution in [0.15, 0.2) is 42.9 Å². The number of anilines is 1. The van der Waals surface area contributed by atoms with Crippen LogP contribution in [0.2, 0.25) is 0 Å². The Hall–Kier alpha value is -1.84. The number of hydrogen-bond acceptors (Lipinski definition) is 3. The van der Waals surface area contributed by atoms with E-state index in [4.69, 9.17) is 5.73 Å². The molecule has 0 radical (unpaired) electrons. The van der Waals surface area contributed by atoms with Crippen molar-refractivity contribution in [3.05, 3.63) is 42.9 Å². The number of hydrogen-bond donors (Lipinski definition) is 2. The lowest BCUT2D eigenvalue weighted by molar-refractivity contribution is 1.09. The van der Waals surface area contributed by atoms with Crippen LogP contribution in [-0.2, 0) is 0 Å². The largest absolute Gasteiger partial charge is 0.384 e. The highest BCUT2D eigenvalue weighted by atomic mass is 15.1. The van der Waals surface area contributed by atoms with Gasteiger partial charge in [-0.3, -0.25) is 5.10 Å². The molecule has 2 aromatic rings. The topological polar surface area (TPSA) is 67.6 Å². The van der Waals surface area contributed by atoms with E-state index in [0.29, 0.717) is 5.82 Å². The molecule has 0 saturated heterocycles. The van der Waals surface area contributed by atoms with Gasteiger partial charge in [-0.2, -0.15) is 5.10 Å². The molecule has 0 aliphatic heterocycles. The van der Waals surface area contributed by atoms with Gasteiger partial charge in [0.25, 0.3) is 0 Å². The van der Waals surface area contributed by atoms with Crippen molar-refractivity contribution in [2.45, 2.75) is 0 Å². The molecule has 0 aliphatic carbocycles. The van der Waals surface area contributed by atoms with Gasteiger partial charge in [-0.05, 0) is 18.2 Å². The molecular formula is C8H10N4. The van der Waals surface area contributed by atoms with Crippen molar-refractivity contribution in [2.24, 2.45) is 0 Å². The number of nitrogens with two attached hydrogens (primary N) is 1. The van der Waals surface area contributed by atoms with Crippen LogP contribution in [0.5, 0.6) is 0 Å². The molecule has 0 aliphatic rings. The second-order valence-electron chi connectivity index (χ2n) is 2.02. The number of pyridine rings is 1. The smallest absolute Gasteiger partial charge is 0.123 e. The molecule has 0 aromatic carbocycles. The minimum Gasteiger partial charge on any atom is -0.384 e. The van der Waals surface area contributed by atoms with Gasteiger partial charge >= 0.3 is 0 Å². The Bertz CT molecular complexity index is 260. The molecule has 62 valence electrons. The molecule has 4 heteroatoms. The van der Waals surface area contributed by atoms with Crippen molar-refractivity contribution in [1.29, 1.82) is 0 Å². The van der Waals surface area contributed by atoms with Crippen LogP contribution in [0, 0.1) is 0 Å². The van der Waals surface area contributed by atoms with Gasteiger partial charge in [0.05, 0.1) is 0 Å². The standard InChI is InChI=1S/C5H6N2.C3H4N2/c6-5-3-1-2-4-7-5;1-2-4-5-3-1/h1-4H,(H2,6,7);1-3H,(H,4,5). The summed E-state index contributed by atoms with van der Waals surface area (Å²) in [5.41, 5.74) is 5.25. The monoisotopic (exact) mass is 162 g/mol. The summed E-state index contributed by atoms with van der Waals surface area (Å²) >= 11 is 0. The molecule has 0 fully saturated rings. The predicted molar refractivity (Wildman–Crippen MR) is 47.2 cm³/mol. The number of aromatic amines is 1. The summed E-state index contributed by atoms with van der Waals surface area (Å²) in [5, 5.41) is 6.21. The van der Waals surface area contributed by atoms with E-state index >= 15 is 0 Å². The van der Waals surface area contributed by atoms with E-state index in [1.165, 1.54) is 0 Å². The minimum absolute atomic E-state index is 0.572. The highest BCUT2D eigenvalue weighted by Gasteiger charge is 1.73. The Morgan fingerprint density at radius 1 is 1.17 bits per heavy atom. The number of H-pyrrole nitrogens is 1. The molecule has 2 aromatic heterocycles. The molecule has 12 heavy (non-hydrogen) atoms. The van der Waals surface area contributed by atoms with Crippen molar-refractivity contribution < 1.29 is 0 Å². The lowest BCUT2D eigenvalue weighted by Crippen LogP contribution is -1.85. The fraction of sp³-hybridized carbons (Fsp3) is 0. The number of nitrogens with one attached hydrogen (secondary N) is 1. The Labute approximate surface area is 70.5 Å². The van der Waals surface area contributed by atoms with E-state index in [2.05, 4.69) is 15.2 Å². The first kappa shape index (κ1) is 8.26. The number of nitrogen functional groups attached to an aromatic ring is 1. The van der Waals surface area contributed by atoms with Crippen LogP contribution < -0.4 is 5.73 Å². The normalized spacial score (nSPS) is 8.33. The van der Waals surface area contributed by atoms with E-state index in [-0.39, 0.29) is 0 Å². The number of aromatic nitrogens is 3. The summed E-state index contributed by atoms with van der Waals surface area (Å²) in [6.45, 7) is 0. The summed E-state index contributed by atoms with van der Waals surface area (Å²) in [7, 11) is 0. The Balaban J connectivity index is 0.000000127. The highest BCUT2D eigenvalue weighted by molar-refractivity contribution is 5.25. The fourth-order valence-electron chi connectivity index (χ4n) is 0.591. The average molecular weight is 162 g/mol. The second kappa shape index (κ2) is 4.90. The van der Waals surface area contributed by atoms with E-state index in [1.54, 1.807) is 24.7 Å². The Morgan fingerprint density at radius 2 is 2.08 bits per heavy atom. The number of nitrogens with zero attached hydrogens (tertiary/aromatic N) is 2. The molecule has 4 nitrogen and oxygen atoms in total. The van der Waals surface area contributed by atoms with Crippen LogP contribution in [0.1, 0.15) is 0 Å². The minimum atomic E-state index is 0.572. The van der Waals surface area contributed by atoms with Gasteiger partial charge in [-0.25, -0.2) is 4.98 Å². The zero-order chi connectivity index (χ0) is 8.65. The zero-order valence-electron chi connectivity index (χ0n) is 6.51. The van der Waals surface area contributed by atoms with Gasteiger partial charge in [0.15, 0.2) is 0 Å². The summed E-state index contributed by atoms with van der Waals surface area (Å²) in [6, 6.07) is 7.26. The molecule has 3 N–H and O–H groups in total. The molecule has 0 amide bonds. The predicted octanol–water partition coefficient (Wildman–Crippen LogP) is 1.07. The maximum Gasteiger partial charge on any atom is 0.123 e. The van der Waals surface area contributed by atoms with Gasteiger partial charge in [0, 0.05) is 18.6 Å². The first-order chi connectivity index (χ1) is 5.89. The van der Waals surface area contributed by atoms with Crippen LogP contribution in [0.3, 0.4) is 0 Å².